The van der Waals surface area contributed by atoms with Crippen LogP contribution in [0.3, 0.4) is 0 Å². The first-order valence-corrected chi connectivity index (χ1v) is 8.81. The highest BCUT2D eigenvalue weighted by atomic mass is 16.6. The highest BCUT2D eigenvalue weighted by Gasteiger charge is 2.31. The van der Waals surface area contributed by atoms with Crippen LogP contribution < -0.4 is 5.32 Å². The van der Waals surface area contributed by atoms with Crippen molar-refractivity contribution >= 4 is 12.1 Å². The highest BCUT2D eigenvalue weighted by Crippen LogP contribution is 2.30. The predicted molar refractivity (Wildman–Crippen MR) is 91.7 cm³/mol. The van der Waals surface area contributed by atoms with E-state index in [0.717, 1.165) is 0 Å². The molecule has 0 aliphatic heterocycles. The Bertz CT molecular complexity index is 426. The predicted octanol–water partition coefficient (Wildman–Crippen LogP) is 3.28. The lowest BCUT2D eigenvalue weighted by Gasteiger charge is -2.29. The summed E-state index contributed by atoms with van der Waals surface area (Å²) in [6, 6.07) is -0.781. The van der Waals surface area contributed by atoms with Gasteiger partial charge in [-0.2, -0.15) is 0 Å². The number of amides is 1. The molecule has 1 N–H and O–H groups in total. The third kappa shape index (κ3) is 7.99. The molecule has 0 radical (unpaired) electrons. The van der Waals surface area contributed by atoms with Crippen LogP contribution in [0.15, 0.2) is 0 Å². The summed E-state index contributed by atoms with van der Waals surface area (Å²) in [5.41, 5.74) is -0.612. The Kier molecular flexibility index (Phi) is 7.52. The summed E-state index contributed by atoms with van der Waals surface area (Å²) in [7, 11) is 0. The van der Waals surface area contributed by atoms with Crippen LogP contribution >= 0.6 is 0 Å². The van der Waals surface area contributed by atoms with Crippen LogP contribution in [-0.4, -0.2) is 42.5 Å². The number of hydrogen-bond donors (Lipinski definition) is 1. The SMILES string of the molecule is CC(C)C(OC(=O)[C@H](C)NC(=O)OC(C)(C)C)[C@H](C)OCC1CC1. The molecule has 24 heavy (non-hydrogen) atoms. The van der Waals surface area contributed by atoms with Gasteiger partial charge < -0.3 is 19.5 Å². The second kappa shape index (κ2) is 8.70. The number of alkyl carbamates (subject to hydrolysis) is 1. The van der Waals surface area contributed by atoms with E-state index < -0.39 is 23.7 Å². The number of nitrogens with one attached hydrogen (secondary N) is 1. The van der Waals surface area contributed by atoms with Gasteiger partial charge in [-0.25, -0.2) is 9.59 Å². The molecule has 6 nitrogen and oxygen atoms in total. The van der Waals surface area contributed by atoms with E-state index in [1.165, 1.54) is 12.8 Å². The topological polar surface area (TPSA) is 73.9 Å². The van der Waals surface area contributed by atoms with Crippen molar-refractivity contribution in [2.45, 2.75) is 85.2 Å². The third-order valence-corrected chi connectivity index (χ3v) is 3.75. The zero-order valence-electron chi connectivity index (χ0n) is 16.0. The van der Waals surface area contributed by atoms with E-state index in [1.807, 2.05) is 20.8 Å². The van der Waals surface area contributed by atoms with E-state index in [9.17, 15) is 9.59 Å². The summed E-state index contributed by atoms with van der Waals surface area (Å²) < 4.78 is 16.6. The van der Waals surface area contributed by atoms with Crippen molar-refractivity contribution in [3.05, 3.63) is 0 Å². The van der Waals surface area contributed by atoms with Crippen molar-refractivity contribution in [2.24, 2.45) is 11.8 Å². The molecule has 0 saturated heterocycles. The number of carbonyl (C=O) groups excluding carboxylic acids is 2. The monoisotopic (exact) mass is 343 g/mol. The lowest BCUT2D eigenvalue weighted by molar-refractivity contribution is -0.163. The molecule has 0 bridgehead atoms. The lowest BCUT2D eigenvalue weighted by atomic mass is 10.0. The van der Waals surface area contributed by atoms with Crippen LogP contribution in [-0.2, 0) is 19.0 Å². The number of carbonyl (C=O) groups is 2. The second-order valence-electron chi connectivity index (χ2n) is 8.00. The fourth-order valence-electron chi connectivity index (χ4n) is 2.22. The van der Waals surface area contributed by atoms with Crippen LogP contribution in [0.4, 0.5) is 4.79 Å². The quantitative estimate of drug-likeness (QED) is 0.685. The van der Waals surface area contributed by atoms with Gasteiger partial charge in [-0.05, 0) is 59.3 Å². The van der Waals surface area contributed by atoms with Gasteiger partial charge in [-0.1, -0.05) is 13.8 Å². The van der Waals surface area contributed by atoms with Crippen molar-refractivity contribution in [1.82, 2.24) is 5.32 Å². The Balaban J connectivity index is 2.48. The van der Waals surface area contributed by atoms with Gasteiger partial charge in [0, 0.05) is 6.61 Å². The zero-order valence-corrected chi connectivity index (χ0v) is 16.0. The van der Waals surface area contributed by atoms with Crippen molar-refractivity contribution < 1.29 is 23.8 Å². The molecule has 1 unspecified atom stereocenters. The minimum atomic E-state index is -0.781. The second-order valence-corrected chi connectivity index (χ2v) is 8.00. The smallest absolute Gasteiger partial charge is 0.408 e. The molecule has 0 heterocycles. The van der Waals surface area contributed by atoms with E-state index >= 15 is 0 Å². The first kappa shape index (κ1) is 20.7. The molecule has 0 aromatic carbocycles. The molecule has 140 valence electrons. The van der Waals surface area contributed by atoms with E-state index in [4.69, 9.17) is 14.2 Å². The van der Waals surface area contributed by atoms with Crippen molar-refractivity contribution in [2.75, 3.05) is 6.61 Å². The molecule has 1 aliphatic carbocycles. The van der Waals surface area contributed by atoms with Gasteiger partial charge in [0.25, 0.3) is 0 Å². The van der Waals surface area contributed by atoms with E-state index in [2.05, 4.69) is 5.32 Å². The maximum atomic E-state index is 12.3. The molecule has 0 aromatic heterocycles. The molecule has 1 amide bonds. The van der Waals surface area contributed by atoms with Gasteiger partial charge in [-0.15, -0.1) is 0 Å². The van der Waals surface area contributed by atoms with Gasteiger partial charge in [0.1, 0.15) is 17.7 Å². The van der Waals surface area contributed by atoms with Crippen LogP contribution in [0.25, 0.3) is 0 Å². The Morgan fingerprint density at radius 1 is 1.12 bits per heavy atom. The average Bonchev–Trinajstić information content (AvgIpc) is 3.23. The van der Waals surface area contributed by atoms with E-state index in [0.29, 0.717) is 12.5 Å². The summed E-state index contributed by atoms with van der Waals surface area (Å²) in [5, 5.41) is 2.50. The summed E-state index contributed by atoms with van der Waals surface area (Å²) >= 11 is 0. The minimum Gasteiger partial charge on any atom is -0.458 e. The number of rotatable bonds is 8. The molecule has 1 aliphatic rings. The van der Waals surface area contributed by atoms with Crippen LogP contribution in [0.1, 0.15) is 61.3 Å². The molecule has 3 atom stereocenters. The Morgan fingerprint density at radius 2 is 1.71 bits per heavy atom. The minimum absolute atomic E-state index is 0.122. The Labute approximate surface area is 145 Å². The van der Waals surface area contributed by atoms with Crippen molar-refractivity contribution in [3.63, 3.8) is 0 Å². The summed E-state index contributed by atoms with van der Waals surface area (Å²) in [5.74, 6) is 0.294. The lowest BCUT2D eigenvalue weighted by Crippen LogP contribution is -2.45. The first-order chi connectivity index (χ1) is 11.0. The van der Waals surface area contributed by atoms with E-state index in [1.54, 1.807) is 27.7 Å². The largest absolute Gasteiger partial charge is 0.458 e. The Morgan fingerprint density at radius 3 is 2.17 bits per heavy atom. The normalized spacial score (nSPS) is 18.7. The average molecular weight is 343 g/mol. The fraction of sp³-hybridized carbons (Fsp3) is 0.889. The molecular formula is C18H33NO5. The first-order valence-electron chi connectivity index (χ1n) is 8.81. The summed E-state index contributed by atoms with van der Waals surface area (Å²) in [6.45, 7) is 13.5. The van der Waals surface area contributed by atoms with Crippen molar-refractivity contribution in [1.29, 1.82) is 0 Å². The van der Waals surface area contributed by atoms with Crippen LogP contribution in [0.2, 0.25) is 0 Å². The molecule has 1 saturated carbocycles. The third-order valence-electron chi connectivity index (χ3n) is 3.75. The molecule has 1 fully saturated rings. The van der Waals surface area contributed by atoms with Crippen LogP contribution in [0.5, 0.6) is 0 Å². The zero-order chi connectivity index (χ0) is 18.5. The molecular weight excluding hydrogens is 310 g/mol. The van der Waals surface area contributed by atoms with Gasteiger partial charge in [0.05, 0.1) is 6.10 Å². The van der Waals surface area contributed by atoms with Gasteiger partial charge >= 0.3 is 12.1 Å². The maximum Gasteiger partial charge on any atom is 0.408 e. The van der Waals surface area contributed by atoms with Gasteiger partial charge in [-0.3, -0.25) is 0 Å². The van der Waals surface area contributed by atoms with Crippen LogP contribution in [0, 0.1) is 11.8 Å². The number of esters is 1. The number of ether oxygens (including phenoxy) is 3. The van der Waals surface area contributed by atoms with E-state index in [-0.39, 0.29) is 18.1 Å². The summed E-state index contributed by atoms with van der Waals surface area (Å²) in [4.78, 5) is 24.0. The maximum absolute atomic E-state index is 12.3. The standard InChI is InChI=1S/C18H33NO5/c1-11(2)15(13(4)22-10-14-8-9-14)23-16(20)12(3)19-17(21)24-18(5,6)7/h11-15H,8-10H2,1-7H3,(H,19,21)/t12-,13-,15?/m0/s1. The highest BCUT2D eigenvalue weighted by molar-refractivity contribution is 5.81. The fourth-order valence-corrected chi connectivity index (χ4v) is 2.22. The van der Waals surface area contributed by atoms with Crippen molar-refractivity contribution in [3.8, 4) is 0 Å². The molecule has 6 heteroatoms. The molecule has 1 rings (SSSR count). The Hall–Kier alpha value is -1.30. The van der Waals surface area contributed by atoms with Gasteiger partial charge in [0.2, 0.25) is 0 Å². The van der Waals surface area contributed by atoms with Gasteiger partial charge in [0.15, 0.2) is 0 Å². The summed E-state index contributed by atoms with van der Waals surface area (Å²) in [6.07, 6.45) is 1.28. The number of hydrogen-bond acceptors (Lipinski definition) is 5. The molecule has 0 spiro atoms. The molecule has 0 aromatic rings.